The monoisotopic (exact) mass is 457 g/mol. The molecular formula is C27H27N3O4. The second-order valence-electron chi connectivity index (χ2n) is 7.55. The standard InChI is InChI=1S/C21H18O2.C6H9N3O2/c1-23-20(22)21(17-11-5-2-6-12-17,18-13-7-3-8-14-18)19-15-9-4-10-16-19;7-5(6(10)11)1-4-2-8-3-9-4/h2-16H,1H3;2-3,5H,1,7H2,(H,8,9)(H,10,11)/t;5-/m.0/s1. The van der Waals surface area contributed by atoms with Crippen molar-refractivity contribution in [3.8, 4) is 0 Å². The first kappa shape index (κ1) is 24.4. The Morgan fingerprint density at radius 1 is 0.912 bits per heavy atom. The number of esters is 1. The molecule has 7 nitrogen and oxygen atoms in total. The minimum atomic E-state index is -1.01. The molecule has 174 valence electrons. The number of ether oxygens (including phenoxy) is 1. The molecule has 0 saturated heterocycles. The van der Waals surface area contributed by atoms with Crippen molar-refractivity contribution < 1.29 is 19.4 Å². The summed E-state index contributed by atoms with van der Waals surface area (Å²) in [7, 11) is 1.44. The van der Waals surface area contributed by atoms with Gasteiger partial charge in [0.2, 0.25) is 0 Å². The molecule has 1 heterocycles. The fraction of sp³-hybridized carbons (Fsp3) is 0.148. The number of aliphatic carboxylic acids is 1. The van der Waals surface area contributed by atoms with Crippen LogP contribution in [0.4, 0.5) is 0 Å². The Bertz CT molecular complexity index is 1070. The van der Waals surface area contributed by atoms with Gasteiger partial charge in [0.05, 0.1) is 19.1 Å². The summed E-state index contributed by atoms with van der Waals surface area (Å²) in [6, 6.07) is 28.5. The number of nitrogens with two attached hydrogens (primary N) is 1. The number of carbonyl (C=O) groups is 2. The molecule has 1 aromatic heterocycles. The van der Waals surface area contributed by atoms with Crippen molar-refractivity contribution in [3.63, 3.8) is 0 Å². The number of methoxy groups -OCH3 is 1. The third-order valence-electron chi connectivity index (χ3n) is 5.41. The first-order chi connectivity index (χ1) is 16.5. The summed E-state index contributed by atoms with van der Waals surface area (Å²) in [6.07, 6.45) is 3.38. The summed E-state index contributed by atoms with van der Waals surface area (Å²) in [5.41, 5.74) is 7.63. The van der Waals surface area contributed by atoms with Gasteiger partial charge in [-0.3, -0.25) is 9.59 Å². The van der Waals surface area contributed by atoms with E-state index in [4.69, 9.17) is 15.6 Å². The van der Waals surface area contributed by atoms with Crippen LogP contribution < -0.4 is 5.73 Å². The summed E-state index contributed by atoms with van der Waals surface area (Å²) in [5.74, 6) is -1.30. The molecule has 0 amide bonds. The van der Waals surface area contributed by atoms with Crippen molar-refractivity contribution in [2.24, 2.45) is 5.73 Å². The highest BCUT2D eigenvalue weighted by Gasteiger charge is 2.44. The highest BCUT2D eigenvalue weighted by molar-refractivity contribution is 5.92. The molecule has 0 saturated carbocycles. The number of nitrogens with zero attached hydrogens (tertiary/aromatic N) is 1. The lowest BCUT2D eigenvalue weighted by molar-refractivity contribution is -0.144. The molecule has 0 fully saturated rings. The number of H-pyrrole nitrogens is 1. The number of aromatic nitrogens is 2. The lowest BCUT2D eigenvalue weighted by atomic mass is 9.69. The number of aromatic amines is 1. The molecule has 4 aromatic rings. The predicted molar refractivity (Wildman–Crippen MR) is 129 cm³/mol. The lowest BCUT2D eigenvalue weighted by Gasteiger charge is -2.32. The minimum absolute atomic E-state index is 0.263. The number of nitrogens with one attached hydrogen (secondary N) is 1. The van der Waals surface area contributed by atoms with E-state index in [2.05, 4.69) is 9.97 Å². The SMILES string of the molecule is COC(=O)C(c1ccccc1)(c1ccccc1)c1ccccc1.N[C@@H](Cc1c[nH]cn1)C(=O)O. The summed E-state index contributed by atoms with van der Waals surface area (Å²) in [4.78, 5) is 29.8. The van der Waals surface area contributed by atoms with E-state index >= 15 is 0 Å². The van der Waals surface area contributed by atoms with Crippen LogP contribution in [0.25, 0.3) is 0 Å². The minimum Gasteiger partial charge on any atom is -0.480 e. The molecule has 0 aliphatic heterocycles. The fourth-order valence-electron chi connectivity index (χ4n) is 3.79. The Morgan fingerprint density at radius 2 is 1.35 bits per heavy atom. The van der Waals surface area contributed by atoms with Crippen LogP contribution in [-0.2, 0) is 26.2 Å². The third-order valence-corrected chi connectivity index (χ3v) is 5.41. The Morgan fingerprint density at radius 3 is 1.68 bits per heavy atom. The number of carbonyl (C=O) groups excluding carboxylic acids is 1. The van der Waals surface area contributed by atoms with E-state index in [-0.39, 0.29) is 12.4 Å². The Kier molecular flexibility index (Phi) is 8.32. The molecular weight excluding hydrogens is 430 g/mol. The van der Waals surface area contributed by atoms with Gasteiger partial charge in [-0.05, 0) is 16.7 Å². The average molecular weight is 458 g/mol. The van der Waals surface area contributed by atoms with Crippen molar-refractivity contribution in [2.45, 2.75) is 17.9 Å². The highest BCUT2D eigenvalue weighted by Crippen LogP contribution is 2.40. The smallest absolute Gasteiger partial charge is 0.325 e. The molecule has 34 heavy (non-hydrogen) atoms. The second kappa shape index (κ2) is 11.6. The Hall–Kier alpha value is -4.23. The highest BCUT2D eigenvalue weighted by atomic mass is 16.5. The van der Waals surface area contributed by atoms with E-state index < -0.39 is 17.4 Å². The molecule has 4 N–H and O–H groups in total. The zero-order valence-corrected chi connectivity index (χ0v) is 18.8. The van der Waals surface area contributed by atoms with Gasteiger partial charge in [0.1, 0.15) is 11.5 Å². The molecule has 7 heteroatoms. The van der Waals surface area contributed by atoms with Crippen LogP contribution in [0.5, 0.6) is 0 Å². The van der Waals surface area contributed by atoms with Crippen LogP contribution in [0.3, 0.4) is 0 Å². The summed E-state index contributed by atoms with van der Waals surface area (Å²) in [6.45, 7) is 0. The number of imidazole rings is 1. The Labute approximate surface area is 198 Å². The zero-order valence-electron chi connectivity index (χ0n) is 18.8. The predicted octanol–water partition coefficient (Wildman–Crippen LogP) is 3.56. The first-order valence-corrected chi connectivity index (χ1v) is 10.7. The topological polar surface area (TPSA) is 118 Å². The number of benzene rings is 3. The molecule has 0 aliphatic rings. The van der Waals surface area contributed by atoms with Gasteiger partial charge in [0, 0.05) is 12.6 Å². The second-order valence-corrected chi connectivity index (χ2v) is 7.55. The molecule has 0 spiro atoms. The normalized spacial score (nSPS) is 11.6. The number of hydrogen-bond acceptors (Lipinski definition) is 5. The molecule has 0 radical (unpaired) electrons. The van der Waals surface area contributed by atoms with Crippen molar-refractivity contribution >= 4 is 11.9 Å². The average Bonchev–Trinajstić information content (AvgIpc) is 3.40. The number of hydrogen-bond donors (Lipinski definition) is 3. The van der Waals surface area contributed by atoms with E-state index in [9.17, 15) is 9.59 Å². The maximum atomic E-state index is 13.0. The van der Waals surface area contributed by atoms with E-state index in [1.165, 1.54) is 13.4 Å². The number of carboxylic acids is 1. The van der Waals surface area contributed by atoms with Crippen LogP contribution in [-0.4, -0.2) is 40.2 Å². The van der Waals surface area contributed by atoms with E-state index in [0.717, 1.165) is 16.7 Å². The van der Waals surface area contributed by atoms with Gasteiger partial charge in [-0.15, -0.1) is 0 Å². The summed E-state index contributed by atoms with van der Waals surface area (Å²) in [5, 5.41) is 8.42. The first-order valence-electron chi connectivity index (χ1n) is 10.7. The van der Waals surface area contributed by atoms with E-state index in [0.29, 0.717) is 5.69 Å². The molecule has 1 atom stereocenters. The lowest BCUT2D eigenvalue weighted by Crippen LogP contribution is -2.39. The van der Waals surface area contributed by atoms with Crippen molar-refractivity contribution in [3.05, 3.63) is 126 Å². The maximum absolute atomic E-state index is 13.0. The van der Waals surface area contributed by atoms with Crippen LogP contribution in [0.2, 0.25) is 0 Å². The van der Waals surface area contributed by atoms with E-state index in [1.807, 2.05) is 91.0 Å². The number of carboxylic acid groups (broad SMARTS) is 1. The molecule has 0 bridgehead atoms. The van der Waals surface area contributed by atoms with Gasteiger partial charge in [0.25, 0.3) is 0 Å². The largest absolute Gasteiger partial charge is 0.480 e. The third kappa shape index (κ3) is 5.39. The molecule has 0 unspecified atom stereocenters. The Balaban J connectivity index is 0.000000248. The van der Waals surface area contributed by atoms with Crippen LogP contribution >= 0.6 is 0 Å². The summed E-state index contributed by atoms with van der Waals surface area (Å²) < 4.78 is 5.24. The fourth-order valence-corrected chi connectivity index (χ4v) is 3.79. The van der Waals surface area contributed by atoms with Crippen molar-refractivity contribution in [2.75, 3.05) is 7.11 Å². The van der Waals surface area contributed by atoms with Crippen molar-refractivity contribution in [1.29, 1.82) is 0 Å². The van der Waals surface area contributed by atoms with Gasteiger partial charge in [-0.2, -0.15) is 0 Å². The van der Waals surface area contributed by atoms with Crippen molar-refractivity contribution in [1.82, 2.24) is 9.97 Å². The number of rotatable bonds is 7. The van der Waals surface area contributed by atoms with Gasteiger partial charge in [-0.1, -0.05) is 91.0 Å². The molecule has 4 rings (SSSR count). The quantitative estimate of drug-likeness (QED) is 0.288. The van der Waals surface area contributed by atoms with Crippen LogP contribution in [0, 0.1) is 0 Å². The van der Waals surface area contributed by atoms with Gasteiger partial charge >= 0.3 is 11.9 Å². The molecule has 0 aliphatic carbocycles. The maximum Gasteiger partial charge on any atom is 0.325 e. The van der Waals surface area contributed by atoms with Gasteiger partial charge in [-0.25, -0.2) is 4.98 Å². The summed E-state index contributed by atoms with van der Waals surface area (Å²) >= 11 is 0. The van der Waals surface area contributed by atoms with E-state index in [1.54, 1.807) is 6.20 Å². The van der Waals surface area contributed by atoms with Gasteiger partial charge < -0.3 is 20.6 Å². The van der Waals surface area contributed by atoms with Crippen LogP contribution in [0.15, 0.2) is 104 Å². The zero-order chi connectivity index (χ0) is 24.4. The molecule has 3 aromatic carbocycles. The van der Waals surface area contributed by atoms with Crippen LogP contribution in [0.1, 0.15) is 22.4 Å². The van der Waals surface area contributed by atoms with Gasteiger partial charge in [0.15, 0.2) is 0 Å².